The molecule has 2 heterocycles. The average molecular weight is 635 g/mol. The number of hydrogen-bond acceptors (Lipinski definition) is 5. The summed E-state index contributed by atoms with van der Waals surface area (Å²) in [5.74, 6) is 0.398. The number of unbranched alkanes of at least 4 members (excludes halogenated alkanes) is 3. The summed E-state index contributed by atoms with van der Waals surface area (Å²) in [6.07, 6.45) is 14.9. The summed E-state index contributed by atoms with van der Waals surface area (Å²) in [7, 11) is 0. The number of halogens is 1. The minimum Gasteiger partial charge on any atom is -0.480 e. The molecular weight excluding hydrogens is 588 g/mol. The van der Waals surface area contributed by atoms with Crippen molar-refractivity contribution in [3.05, 3.63) is 98.5 Å². The van der Waals surface area contributed by atoms with Gasteiger partial charge in [0.15, 0.2) is 11.3 Å². The monoisotopic (exact) mass is 634 g/mol. The van der Waals surface area contributed by atoms with Gasteiger partial charge in [0.25, 0.3) is 0 Å². The van der Waals surface area contributed by atoms with E-state index in [0.29, 0.717) is 11.5 Å². The van der Waals surface area contributed by atoms with Crippen LogP contribution in [0.3, 0.4) is 0 Å². The summed E-state index contributed by atoms with van der Waals surface area (Å²) in [6, 6.07) is 14.7. The van der Waals surface area contributed by atoms with Crippen molar-refractivity contribution in [1.82, 2.24) is 0 Å². The predicted molar refractivity (Wildman–Crippen MR) is 187 cm³/mol. The number of allylic oxidation sites excluding steroid dienone is 9. The summed E-state index contributed by atoms with van der Waals surface area (Å²) in [5.41, 5.74) is 5.70. The Labute approximate surface area is 281 Å². The van der Waals surface area contributed by atoms with E-state index in [1.54, 1.807) is 0 Å². The number of ether oxygens (including phenoxy) is 1. The molecule has 3 aliphatic rings. The van der Waals surface area contributed by atoms with Gasteiger partial charge in [-0.15, -0.1) is 0 Å². The maximum atomic E-state index is 10.0. The van der Waals surface area contributed by atoms with Gasteiger partial charge in [-0.3, -0.25) is 0 Å². The highest BCUT2D eigenvalue weighted by atomic mass is 35.5. The second-order valence-electron chi connectivity index (χ2n) is 14.7. The molecule has 0 spiro atoms. The third-order valence-electron chi connectivity index (χ3n) is 9.71. The molecule has 0 fully saturated rings. The first-order valence-corrected chi connectivity index (χ1v) is 16.8. The molecule has 1 aliphatic carbocycles. The zero-order valence-corrected chi connectivity index (χ0v) is 29.5. The second kappa shape index (κ2) is 13.8. The van der Waals surface area contributed by atoms with Crippen molar-refractivity contribution >= 4 is 17.3 Å². The lowest BCUT2D eigenvalue weighted by atomic mass is 9.70. The summed E-state index contributed by atoms with van der Waals surface area (Å²) in [4.78, 5) is 2.50. The first-order chi connectivity index (χ1) is 21.7. The topological polar surface area (TPSA) is 83.8 Å². The fourth-order valence-corrected chi connectivity index (χ4v) is 7.09. The van der Waals surface area contributed by atoms with Crippen LogP contribution >= 0.6 is 11.6 Å². The standard InChI is InChI=1S/C40H47ClN4O/c1-9-10-11-14-21-45-34-16-13-12-15-33(34)39(5,6)35(45)20-18-28-23-30(38(2,3)4)22-27(36(28)41)17-19-32-31(26-44)37(29(24-42)25-43)46-40(32,7)8/h12-13,15-20,30H,9-11,14,21-23H2,1-8H3/b19-17+,28-18+,35-20+. The Morgan fingerprint density at radius 3 is 2.33 bits per heavy atom. The molecule has 6 heteroatoms. The van der Waals surface area contributed by atoms with Crippen molar-refractivity contribution in [3.63, 3.8) is 0 Å². The van der Waals surface area contributed by atoms with Gasteiger partial charge < -0.3 is 9.64 Å². The highest BCUT2D eigenvalue weighted by Gasteiger charge is 2.40. The number of nitrogens with zero attached hydrogens (tertiary/aromatic N) is 4. The lowest BCUT2D eigenvalue weighted by Crippen LogP contribution is -2.27. The van der Waals surface area contributed by atoms with Gasteiger partial charge >= 0.3 is 0 Å². The van der Waals surface area contributed by atoms with Gasteiger partial charge in [-0.25, -0.2) is 0 Å². The molecule has 0 radical (unpaired) electrons. The highest BCUT2D eigenvalue weighted by Crippen LogP contribution is 2.49. The van der Waals surface area contributed by atoms with E-state index in [1.807, 2.05) is 38.1 Å². The van der Waals surface area contributed by atoms with E-state index in [4.69, 9.17) is 16.3 Å². The van der Waals surface area contributed by atoms with Crippen molar-refractivity contribution in [2.24, 2.45) is 11.3 Å². The number of fused-ring (bicyclic) bond motifs is 1. The molecule has 1 aromatic carbocycles. The lowest BCUT2D eigenvalue weighted by molar-refractivity contribution is 0.0954. The van der Waals surface area contributed by atoms with Crippen LogP contribution in [0.1, 0.15) is 99.5 Å². The molecule has 240 valence electrons. The van der Waals surface area contributed by atoms with Gasteiger partial charge in [0, 0.05) is 33.9 Å². The summed E-state index contributed by atoms with van der Waals surface area (Å²) < 4.78 is 5.98. The minimum atomic E-state index is -0.881. The van der Waals surface area contributed by atoms with Crippen LogP contribution in [-0.2, 0) is 10.2 Å². The molecule has 1 atom stereocenters. The van der Waals surface area contributed by atoms with E-state index in [-0.39, 0.29) is 27.7 Å². The van der Waals surface area contributed by atoms with Crippen LogP contribution in [0, 0.1) is 45.3 Å². The second-order valence-corrected chi connectivity index (χ2v) is 15.1. The Hall–Kier alpha value is -3.98. The van der Waals surface area contributed by atoms with Crippen LogP contribution in [0.25, 0.3) is 0 Å². The van der Waals surface area contributed by atoms with Crippen molar-refractivity contribution in [3.8, 4) is 18.2 Å². The van der Waals surface area contributed by atoms with E-state index in [9.17, 15) is 15.8 Å². The Bertz CT molecular complexity index is 1670. The van der Waals surface area contributed by atoms with Crippen molar-refractivity contribution < 1.29 is 4.74 Å². The zero-order valence-electron chi connectivity index (χ0n) is 28.7. The molecule has 0 aromatic heterocycles. The fraction of sp³-hybridized carbons (Fsp3) is 0.475. The maximum absolute atomic E-state index is 10.0. The lowest BCUT2D eigenvalue weighted by Gasteiger charge is -2.36. The smallest absolute Gasteiger partial charge is 0.172 e. The summed E-state index contributed by atoms with van der Waals surface area (Å²) >= 11 is 7.22. The zero-order chi connectivity index (χ0) is 33.9. The Kier molecular flexibility index (Phi) is 10.5. The van der Waals surface area contributed by atoms with Crippen molar-refractivity contribution in [2.45, 2.75) is 105 Å². The van der Waals surface area contributed by atoms with E-state index >= 15 is 0 Å². The molecule has 0 saturated carbocycles. The molecule has 1 aromatic rings. The molecule has 46 heavy (non-hydrogen) atoms. The van der Waals surface area contributed by atoms with Gasteiger partial charge in [0.05, 0.1) is 0 Å². The average Bonchev–Trinajstić information content (AvgIpc) is 3.39. The molecule has 0 saturated heterocycles. The highest BCUT2D eigenvalue weighted by molar-refractivity contribution is 6.32. The van der Waals surface area contributed by atoms with Crippen LogP contribution in [0.2, 0.25) is 0 Å². The number of hydrogen-bond donors (Lipinski definition) is 0. The number of nitriles is 3. The van der Waals surface area contributed by atoms with Gasteiger partial charge in [-0.2, -0.15) is 15.8 Å². The molecule has 2 aliphatic heterocycles. The van der Waals surface area contributed by atoms with Gasteiger partial charge in [-0.05, 0) is 73.3 Å². The maximum Gasteiger partial charge on any atom is 0.172 e. The van der Waals surface area contributed by atoms with Crippen LogP contribution in [0.5, 0.6) is 0 Å². The molecule has 0 N–H and O–H groups in total. The Balaban J connectivity index is 1.80. The summed E-state index contributed by atoms with van der Waals surface area (Å²) in [6.45, 7) is 18.4. The van der Waals surface area contributed by atoms with Gasteiger partial charge in [0.1, 0.15) is 29.4 Å². The van der Waals surface area contributed by atoms with E-state index in [1.165, 1.54) is 36.2 Å². The number of para-hydroxylation sites is 1. The third-order valence-corrected chi connectivity index (χ3v) is 10.2. The fourth-order valence-electron chi connectivity index (χ4n) is 6.81. The van der Waals surface area contributed by atoms with Crippen LogP contribution in [0.15, 0.2) is 92.9 Å². The quantitative estimate of drug-likeness (QED) is 0.210. The van der Waals surface area contributed by atoms with Crippen molar-refractivity contribution in [2.75, 3.05) is 11.4 Å². The van der Waals surface area contributed by atoms with Crippen LogP contribution in [-0.4, -0.2) is 12.1 Å². The third kappa shape index (κ3) is 6.89. The predicted octanol–water partition coefficient (Wildman–Crippen LogP) is 10.6. The first-order valence-electron chi connectivity index (χ1n) is 16.4. The van der Waals surface area contributed by atoms with Crippen molar-refractivity contribution in [1.29, 1.82) is 15.8 Å². The Morgan fingerprint density at radius 2 is 1.70 bits per heavy atom. The van der Waals surface area contributed by atoms with Gasteiger partial charge in [0.2, 0.25) is 0 Å². The van der Waals surface area contributed by atoms with Crippen LogP contribution in [0.4, 0.5) is 5.69 Å². The number of rotatable bonds is 8. The molecule has 5 nitrogen and oxygen atoms in total. The minimum absolute atomic E-state index is 0.0417. The largest absolute Gasteiger partial charge is 0.480 e. The number of benzene rings is 1. The molecule has 0 bridgehead atoms. The van der Waals surface area contributed by atoms with Crippen LogP contribution < -0.4 is 4.90 Å². The summed E-state index contributed by atoms with van der Waals surface area (Å²) in [5, 5.41) is 29.6. The van der Waals surface area contributed by atoms with E-state index in [2.05, 4.69) is 88.9 Å². The van der Waals surface area contributed by atoms with Gasteiger partial charge in [-0.1, -0.05) is 109 Å². The molecule has 4 rings (SSSR count). The number of anilines is 1. The molecular formula is C40H47ClN4O. The van der Waals surface area contributed by atoms with E-state index < -0.39 is 5.60 Å². The first kappa shape index (κ1) is 34.9. The van der Waals surface area contributed by atoms with E-state index in [0.717, 1.165) is 42.0 Å². The molecule has 0 amide bonds. The molecule has 1 unspecified atom stereocenters. The Morgan fingerprint density at radius 1 is 1.00 bits per heavy atom. The SMILES string of the molecule is CCCCCCN1/C(=C/C=C2\CC(C(C)(C)C)CC(/C=C/C3=C(C#N)C(=C(C#N)C#N)OC3(C)C)=C2Cl)C(C)(C)c2ccccc21. The normalized spacial score (nSPS) is 22.3.